The summed E-state index contributed by atoms with van der Waals surface area (Å²) in [5.41, 5.74) is 0.0253. The highest BCUT2D eigenvalue weighted by Gasteiger charge is 2.19. The Labute approximate surface area is 144 Å². The molecule has 1 amide bonds. The highest BCUT2D eigenvalue weighted by Crippen LogP contribution is 2.21. The number of hydrogen-bond donors (Lipinski definition) is 2. The standard InChI is InChI=1S/C17H20F2N4O2/c1-17(2,3)9-21-15(24)14-16(25-4)20-8-13(23-14)22-12-6-10(18)5-11(19)7-12/h5-8H,9H2,1-4H3,(H,21,24)(H,22,23). The number of hydrogen-bond acceptors (Lipinski definition) is 5. The molecular weight excluding hydrogens is 330 g/mol. The maximum atomic E-state index is 13.3. The molecule has 0 fully saturated rings. The van der Waals surface area contributed by atoms with E-state index in [9.17, 15) is 13.6 Å². The van der Waals surface area contributed by atoms with Gasteiger partial charge in [0.2, 0.25) is 5.88 Å². The quantitative estimate of drug-likeness (QED) is 0.865. The topological polar surface area (TPSA) is 76.1 Å². The summed E-state index contributed by atoms with van der Waals surface area (Å²) < 4.78 is 31.6. The lowest BCUT2D eigenvalue weighted by Gasteiger charge is -2.19. The van der Waals surface area contributed by atoms with Crippen molar-refractivity contribution >= 4 is 17.4 Å². The number of ether oxygens (including phenoxy) is 1. The Bertz CT molecular complexity index is 755. The molecule has 0 spiro atoms. The number of nitrogens with zero attached hydrogens (tertiary/aromatic N) is 2. The summed E-state index contributed by atoms with van der Waals surface area (Å²) in [6.45, 7) is 6.37. The lowest BCUT2D eigenvalue weighted by Crippen LogP contribution is -2.33. The third kappa shape index (κ3) is 5.37. The summed E-state index contributed by atoms with van der Waals surface area (Å²) in [6.07, 6.45) is 1.31. The molecule has 2 rings (SSSR count). The van der Waals surface area contributed by atoms with E-state index in [1.807, 2.05) is 20.8 Å². The van der Waals surface area contributed by atoms with Gasteiger partial charge in [-0.05, 0) is 17.5 Å². The third-order valence-corrected chi connectivity index (χ3v) is 3.06. The van der Waals surface area contributed by atoms with Gasteiger partial charge in [-0.3, -0.25) is 4.79 Å². The molecule has 2 aromatic rings. The number of nitrogens with one attached hydrogen (secondary N) is 2. The molecule has 134 valence electrons. The summed E-state index contributed by atoms with van der Waals surface area (Å²) in [5, 5.41) is 5.47. The van der Waals surface area contributed by atoms with Crippen molar-refractivity contribution in [2.75, 3.05) is 19.0 Å². The molecule has 0 aliphatic rings. The zero-order valence-electron chi connectivity index (χ0n) is 14.5. The second-order valence-corrected chi connectivity index (χ2v) is 6.64. The van der Waals surface area contributed by atoms with Gasteiger partial charge in [0.1, 0.15) is 17.5 Å². The van der Waals surface area contributed by atoms with Gasteiger partial charge in [-0.25, -0.2) is 18.7 Å². The van der Waals surface area contributed by atoms with Gasteiger partial charge in [-0.2, -0.15) is 0 Å². The molecule has 25 heavy (non-hydrogen) atoms. The first-order valence-electron chi connectivity index (χ1n) is 7.60. The number of methoxy groups -OCH3 is 1. The van der Waals surface area contributed by atoms with Crippen molar-refractivity contribution in [1.29, 1.82) is 0 Å². The van der Waals surface area contributed by atoms with Crippen molar-refractivity contribution < 1.29 is 18.3 Å². The molecule has 0 saturated carbocycles. The van der Waals surface area contributed by atoms with Gasteiger partial charge in [0.15, 0.2) is 5.69 Å². The van der Waals surface area contributed by atoms with Gasteiger partial charge in [0.05, 0.1) is 13.3 Å². The van der Waals surface area contributed by atoms with E-state index in [0.29, 0.717) is 6.54 Å². The van der Waals surface area contributed by atoms with Crippen LogP contribution in [0.25, 0.3) is 0 Å². The average Bonchev–Trinajstić information content (AvgIpc) is 2.51. The van der Waals surface area contributed by atoms with E-state index >= 15 is 0 Å². The van der Waals surface area contributed by atoms with E-state index in [1.165, 1.54) is 13.3 Å². The molecule has 2 N–H and O–H groups in total. The van der Waals surface area contributed by atoms with E-state index in [-0.39, 0.29) is 28.5 Å². The number of benzene rings is 1. The third-order valence-electron chi connectivity index (χ3n) is 3.06. The van der Waals surface area contributed by atoms with E-state index in [0.717, 1.165) is 18.2 Å². The maximum absolute atomic E-state index is 13.3. The molecule has 6 nitrogen and oxygen atoms in total. The van der Waals surface area contributed by atoms with Crippen molar-refractivity contribution in [2.24, 2.45) is 5.41 Å². The van der Waals surface area contributed by atoms with Gasteiger partial charge in [0.25, 0.3) is 5.91 Å². The van der Waals surface area contributed by atoms with E-state index in [2.05, 4.69) is 20.6 Å². The van der Waals surface area contributed by atoms with Crippen molar-refractivity contribution in [3.8, 4) is 5.88 Å². The number of carbonyl (C=O) groups is 1. The number of amides is 1. The van der Waals surface area contributed by atoms with Crippen molar-refractivity contribution in [2.45, 2.75) is 20.8 Å². The second-order valence-electron chi connectivity index (χ2n) is 6.64. The van der Waals surface area contributed by atoms with Crippen LogP contribution in [0.2, 0.25) is 0 Å². The van der Waals surface area contributed by atoms with Crippen LogP contribution in [0.4, 0.5) is 20.3 Å². The second kappa shape index (κ2) is 7.42. The predicted octanol–water partition coefficient (Wildman–Crippen LogP) is 3.28. The molecule has 1 aromatic heterocycles. The van der Waals surface area contributed by atoms with Crippen LogP contribution in [0, 0.1) is 17.0 Å². The highest BCUT2D eigenvalue weighted by atomic mass is 19.1. The summed E-state index contributed by atoms with van der Waals surface area (Å²) in [7, 11) is 1.37. The van der Waals surface area contributed by atoms with Gasteiger partial charge < -0.3 is 15.4 Å². The molecule has 0 radical (unpaired) electrons. The smallest absolute Gasteiger partial charge is 0.275 e. The van der Waals surface area contributed by atoms with Crippen LogP contribution in [-0.4, -0.2) is 29.5 Å². The minimum absolute atomic E-state index is 0.0198. The monoisotopic (exact) mass is 350 g/mol. The summed E-state index contributed by atoms with van der Waals surface area (Å²) in [6, 6.07) is 2.97. The van der Waals surface area contributed by atoms with Gasteiger partial charge in [-0.15, -0.1) is 0 Å². The van der Waals surface area contributed by atoms with Crippen LogP contribution < -0.4 is 15.4 Å². The van der Waals surface area contributed by atoms with Crippen LogP contribution in [0.15, 0.2) is 24.4 Å². The van der Waals surface area contributed by atoms with Gasteiger partial charge >= 0.3 is 0 Å². The zero-order chi connectivity index (χ0) is 18.6. The zero-order valence-corrected chi connectivity index (χ0v) is 14.5. The average molecular weight is 350 g/mol. The summed E-state index contributed by atoms with van der Waals surface area (Å²) >= 11 is 0. The molecule has 0 aliphatic heterocycles. The first kappa shape index (κ1) is 18.6. The number of carbonyl (C=O) groups excluding carboxylic acids is 1. The number of anilines is 2. The van der Waals surface area contributed by atoms with E-state index < -0.39 is 17.5 Å². The van der Waals surface area contributed by atoms with Crippen LogP contribution >= 0.6 is 0 Å². The Balaban J connectivity index is 2.25. The number of rotatable bonds is 5. The van der Waals surface area contributed by atoms with Gasteiger partial charge in [-0.1, -0.05) is 20.8 Å². The molecule has 0 unspecified atom stereocenters. The Morgan fingerprint density at radius 2 is 1.84 bits per heavy atom. The molecule has 8 heteroatoms. The minimum atomic E-state index is -0.730. The lowest BCUT2D eigenvalue weighted by atomic mass is 9.97. The molecule has 1 heterocycles. The fourth-order valence-electron chi connectivity index (χ4n) is 1.94. The maximum Gasteiger partial charge on any atom is 0.275 e. The highest BCUT2D eigenvalue weighted by molar-refractivity contribution is 5.94. The van der Waals surface area contributed by atoms with Crippen LogP contribution in [0.3, 0.4) is 0 Å². The Hall–Kier alpha value is -2.77. The fourth-order valence-corrected chi connectivity index (χ4v) is 1.94. The molecule has 0 saturated heterocycles. The summed E-state index contributed by atoms with van der Waals surface area (Å²) in [5.74, 6) is -1.69. The Morgan fingerprint density at radius 1 is 1.20 bits per heavy atom. The van der Waals surface area contributed by atoms with Crippen molar-refractivity contribution in [1.82, 2.24) is 15.3 Å². The summed E-state index contributed by atoms with van der Waals surface area (Å²) in [4.78, 5) is 20.5. The first-order valence-corrected chi connectivity index (χ1v) is 7.60. The lowest BCUT2D eigenvalue weighted by molar-refractivity contribution is 0.0930. The number of halogens is 2. The fraction of sp³-hybridized carbons (Fsp3) is 0.353. The molecular formula is C17H20F2N4O2. The SMILES string of the molecule is COc1ncc(Nc2cc(F)cc(F)c2)nc1C(=O)NCC(C)(C)C. The van der Waals surface area contributed by atoms with Crippen molar-refractivity contribution in [3.05, 3.63) is 41.7 Å². The molecule has 0 bridgehead atoms. The first-order chi connectivity index (χ1) is 11.7. The molecule has 0 atom stereocenters. The normalized spacial score (nSPS) is 11.1. The van der Waals surface area contributed by atoms with Gasteiger partial charge in [0, 0.05) is 18.3 Å². The van der Waals surface area contributed by atoms with E-state index in [1.54, 1.807) is 0 Å². The molecule has 1 aromatic carbocycles. The van der Waals surface area contributed by atoms with Crippen LogP contribution in [0.1, 0.15) is 31.3 Å². The molecule has 0 aliphatic carbocycles. The van der Waals surface area contributed by atoms with Crippen LogP contribution in [-0.2, 0) is 0 Å². The minimum Gasteiger partial charge on any atom is -0.479 e. The Kier molecular flexibility index (Phi) is 5.51. The van der Waals surface area contributed by atoms with E-state index in [4.69, 9.17) is 4.74 Å². The van der Waals surface area contributed by atoms with Crippen molar-refractivity contribution in [3.63, 3.8) is 0 Å². The predicted molar refractivity (Wildman–Crippen MR) is 90.0 cm³/mol. The Morgan fingerprint density at radius 3 is 2.40 bits per heavy atom. The number of aromatic nitrogens is 2. The largest absolute Gasteiger partial charge is 0.479 e. The van der Waals surface area contributed by atoms with Crippen LogP contribution in [0.5, 0.6) is 5.88 Å².